The van der Waals surface area contributed by atoms with Gasteiger partial charge >= 0.3 is 5.97 Å². The molecule has 0 aromatic heterocycles. The van der Waals surface area contributed by atoms with E-state index in [4.69, 9.17) is 9.47 Å². The number of esters is 1. The molecule has 0 amide bonds. The topological polar surface area (TPSA) is 38.8 Å². The summed E-state index contributed by atoms with van der Waals surface area (Å²) in [5.41, 5.74) is 4.41. The molecule has 5 heteroatoms. The molecule has 3 rings (SSSR count). The molecule has 0 saturated heterocycles. The molecule has 1 aliphatic rings. The largest absolute Gasteiger partial charge is 0.491 e. The summed E-state index contributed by atoms with van der Waals surface area (Å²) in [6.07, 6.45) is 1.55. The minimum absolute atomic E-state index is 0.224. The Labute approximate surface area is 163 Å². The summed E-state index contributed by atoms with van der Waals surface area (Å²) in [5.74, 6) is 0.627. The monoisotopic (exact) mass is 417 g/mol. The van der Waals surface area contributed by atoms with Crippen LogP contribution in [0.1, 0.15) is 30.0 Å². The second kappa shape index (κ2) is 8.12. The van der Waals surface area contributed by atoms with E-state index in [0.29, 0.717) is 19.6 Å². The van der Waals surface area contributed by atoms with Gasteiger partial charge in [0.15, 0.2) is 0 Å². The molecule has 1 unspecified atom stereocenters. The number of hydrogen-bond donors (Lipinski definition) is 0. The first-order valence-corrected chi connectivity index (χ1v) is 9.68. The normalized spacial score (nSPS) is 16.2. The Morgan fingerprint density at radius 3 is 2.81 bits per heavy atom. The van der Waals surface area contributed by atoms with Crippen LogP contribution in [0.15, 0.2) is 40.9 Å². The van der Waals surface area contributed by atoms with Crippen molar-refractivity contribution in [2.24, 2.45) is 0 Å². The first-order chi connectivity index (χ1) is 12.5. The molecule has 26 heavy (non-hydrogen) atoms. The van der Waals surface area contributed by atoms with Crippen molar-refractivity contribution in [3.63, 3.8) is 0 Å². The fraction of sp³-hybridized carbons (Fsp3) is 0.381. The summed E-state index contributed by atoms with van der Waals surface area (Å²) in [7, 11) is 1.45. The Bertz CT molecular complexity index is 806. The van der Waals surface area contributed by atoms with Gasteiger partial charge < -0.3 is 14.4 Å². The predicted molar refractivity (Wildman–Crippen MR) is 107 cm³/mol. The second-order valence-corrected chi connectivity index (χ2v) is 7.47. The Kier molecular flexibility index (Phi) is 5.87. The van der Waals surface area contributed by atoms with Crippen molar-refractivity contribution >= 4 is 27.6 Å². The van der Waals surface area contributed by atoms with Crippen LogP contribution in [0, 0.1) is 6.92 Å². The summed E-state index contributed by atoms with van der Waals surface area (Å²) in [5, 5.41) is 0. The number of methoxy groups -OCH3 is 1. The number of rotatable bonds is 5. The third kappa shape index (κ3) is 3.73. The van der Waals surface area contributed by atoms with E-state index in [-0.39, 0.29) is 12.0 Å². The van der Waals surface area contributed by atoms with E-state index in [2.05, 4.69) is 39.9 Å². The molecule has 0 N–H and O–H groups in total. The van der Waals surface area contributed by atoms with Crippen LogP contribution in [0.4, 0.5) is 5.69 Å². The number of carbonyl (C=O) groups excluding carboxylic acids is 1. The van der Waals surface area contributed by atoms with Gasteiger partial charge in [-0.05, 0) is 48.2 Å². The molecule has 0 fully saturated rings. The van der Waals surface area contributed by atoms with E-state index in [0.717, 1.165) is 27.9 Å². The lowest BCUT2D eigenvalue weighted by molar-refractivity contribution is -0.142. The Hall–Kier alpha value is -2.01. The van der Waals surface area contributed by atoms with E-state index in [9.17, 15) is 4.79 Å². The smallest absolute Gasteiger partial charge is 0.328 e. The van der Waals surface area contributed by atoms with Gasteiger partial charge in [-0.15, -0.1) is 0 Å². The molecule has 0 radical (unpaired) electrons. The molecule has 4 nitrogen and oxygen atoms in total. The molecule has 1 heterocycles. The highest BCUT2D eigenvalue weighted by atomic mass is 79.9. The number of aryl methyl sites for hydroxylation is 1. The van der Waals surface area contributed by atoms with Crippen LogP contribution in [0.2, 0.25) is 0 Å². The second-order valence-electron chi connectivity index (χ2n) is 6.56. The fourth-order valence-corrected chi connectivity index (χ4v) is 3.81. The molecule has 0 spiro atoms. The van der Waals surface area contributed by atoms with Crippen LogP contribution >= 0.6 is 15.9 Å². The maximum absolute atomic E-state index is 12.5. The third-order valence-corrected chi connectivity index (χ3v) is 5.22. The van der Waals surface area contributed by atoms with Gasteiger partial charge in [-0.1, -0.05) is 41.1 Å². The average molecular weight is 418 g/mol. The molecular formula is C21H24BrNO3. The number of benzene rings is 2. The quantitative estimate of drug-likeness (QED) is 0.663. The molecular weight excluding hydrogens is 394 g/mol. The Morgan fingerprint density at radius 1 is 1.27 bits per heavy atom. The number of anilines is 1. The third-order valence-electron chi connectivity index (χ3n) is 4.72. The average Bonchev–Trinajstić information content (AvgIpc) is 2.65. The van der Waals surface area contributed by atoms with Crippen molar-refractivity contribution in [1.29, 1.82) is 0 Å². The highest BCUT2D eigenvalue weighted by molar-refractivity contribution is 9.10. The van der Waals surface area contributed by atoms with E-state index in [1.54, 1.807) is 0 Å². The van der Waals surface area contributed by atoms with Crippen LogP contribution in [-0.2, 0) is 22.5 Å². The van der Waals surface area contributed by atoms with Gasteiger partial charge in [0.2, 0.25) is 0 Å². The maximum Gasteiger partial charge on any atom is 0.328 e. The van der Waals surface area contributed by atoms with Gasteiger partial charge in [-0.2, -0.15) is 0 Å². The molecule has 1 aliphatic heterocycles. The van der Waals surface area contributed by atoms with Gasteiger partial charge in [-0.25, -0.2) is 4.79 Å². The van der Waals surface area contributed by atoms with Crippen molar-refractivity contribution in [3.05, 3.63) is 57.6 Å². The number of hydrogen-bond acceptors (Lipinski definition) is 4. The number of halogens is 1. The number of nitrogens with zero attached hydrogens (tertiary/aromatic N) is 1. The number of carbonyl (C=O) groups is 1. The molecule has 0 bridgehead atoms. The summed E-state index contributed by atoms with van der Waals surface area (Å²) in [6, 6.07) is 12.0. The molecule has 1 atom stereocenters. The van der Waals surface area contributed by atoms with Crippen molar-refractivity contribution in [3.8, 4) is 5.75 Å². The van der Waals surface area contributed by atoms with Crippen LogP contribution in [-0.4, -0.2) is 25.7 Å². The standard InChI is InChI=1S/C21H24BrNO3/c1-4-10-26-20-14(2)6-5-7-18(20)23-13-15-8-9-17(22)11-16(15)12-19(23)21(24)25-3/h5-9,11,19H,4,10,12-13H2,1-3H3. The molecule has 2 aromatic carbocycles. The lowest BCUT2D eigenvalue weighted by Gasteiger charge is -2.38. The number of fused-ring (bicyclic) bond motifs is 1. The van der Waals surface area contributed by atoms with Crippen molar-refractivity contribution < 1.29 is 14.3 Å². The van der Waals surface area contributed by atoms with E-state index in [1.807, 2.05) is 31.2 Å². The van der Waals surface area contributed by atoms with Crippen molar-refractivity contribution in [1.82, 2.24) is 0 Å². The molecule has 2 aromatic rings. The highest BCUT2D eigenvalue weighted by Gasteiger charge is 2.34. The van der Waals surface area contributed by atoms with Gasteiger partial charge in [-0.3, -0.25) is 0 Å². The van der Waals surface area contributed by atoms with Crippen molar-refractivity contribution in [2.45, 2.75) is 39.3 Å². The first kappa shape index (κ1) is 18.8. The summed E-state index contributed by atoms with van der Waals surface area (Å²) < 4.78 is 12.2. The van der Waals surface area contributed by atoms with Gasteiger partial charge in [0.05, 0.1) is 19.4 Å². The van der Waals surface area contributed by atoms with Gasteiger partial charge in [0.1, 0.15) is 11.8 Å². The first-order valence-electron chi connectivity index (χ1n) is 8.89. The Morgan fingerprint density at radius 2 is 2.08 bits per heavy atom. The minimum Gasteiger partial charge on any atom is -0.491 e. The predicted octanol–water partition coefficient (Wildman–Crippen LogP) is 4.65. The molecule has 0 saturated carbocycles. The highest BCUT2D eigenvalue weighted by Crippen LogP contribution is 2.38. The van der Waals surface area contributed by atoms with Crippen LogP contribution < -0.4 is 9.64 Å². The summed E-state index contributed by atoms with van der Waals surface area (Å²) >= 11 is 3.52. The lowest BCUT2D eigenvalue weighted by Crippen LogP contribution is -2.46. The van der Waals surface area contributed by atoms with Crippen LogP contribution in [0.25, 0.3) is 0 Å². The maximum atomic E-state index is 12.5. The number of para-hydroxylation sites is 1. The number of ether oxygens (including phenoxy) is 2. The Balaban J connectivity index is 2.05. The van der Waals surface area contributed by atoms with Gasteiger partial charge in [0.25, 0.3) is 0 Å². The molecule has 138 valence electrons. The zero-order valence-corrected chi connectivity index (χ0v) is 17.0. The zero-order valence-electron chi connectivity index (χ0n) is 15.4. The minimum atomic E-state index is -0.368. The van der Waals surface area contributed by atoms with E-state index >= 15 is 0 Å². The van der Waals surface area contributed by atoms with Gasteiger partial charge in [0, 0.05) is 17.4 Å². The van der Waals surface area contributed by atoms with Crippen LogP contribution in [0.5, 0.6) is 5.75 Å². The fourth-order valence-electron chi connectivity index (χ4n) is 3.41. The van der Waals surface area contributed by atoms with Crippen molar-refractivity contribution in [2.75, 3.05) is 18.6 Å². The van der Waals surface area contributed by atoms with Crippen LogP contribution in [0.3, 0.4) is 0 Å². The molecule has 0 aliphatic carbocycles. The zero-order chi connectivity index (χ0) is 18.7. The lowest BCUT2D eigenvalue weighted by atomic mass is 9.93. The SMILES string of the molecule is CCCOc1c(C)cccc1N1Cc2ccc(Br)cc2CC1C(=O)OC. The van der Waals surface area contributed by atoms with E-state index < -0.39 is 0 Å². The summed E-state index contributed by atoms with van der Waals surface area (Å²) in [4.78, 5) is 14.7. The summed E-state index contributed by atoms with van der Waals surface area (Å²) in [6.45, 7) is 5.42. The van der Waals surface area contributed by atoms with E-state index in [1.165, 1.54) is 18.2 Å².